The predicted octanol–water partition coefficient (Wildman–Crippen LogP) is 4.47. The number of methoxy groups -OCH3 is 3. The van der Waals surface area contributed by atoms with E-state index < -0.39 is 83.9 Å². The fraction of sp³-hybridized carbons (Fsp3) is 0.814. The van der Waals surface area contributed by atoms with Gasteiger partial charge in [-0.15, -0.1) is 0 Å². The van der Waals surface area contributed by atoms with Crippen LogP contribution in [0.4, 0.5) is 0 Å². The zero-order valence-electron chi connectivity index (χ0n) is 35.1. The van der Waals surface area contributed by atoms with Crippen LogP contribution in [0.3, 0.4) is 0 Å². The molecule has 2 saturated heterocycles. The van der Waals surface area contributed by atoms with Gasteiger partial charge in [-0.2, -0.15) is 0 Å². The number of aliphatic hydroxyl groups excluding tert-OH is 2. The minimum absolute atomic E-state index is 0.000914. The first-order chi connectivity index (χ1) is 26.5. The molecule has 4 aliphatic rings. The molecular weight excluding hydrogens is 722 g/mol. The van der Waals surface area contributed by atoms with Gasteiger partial charge in [-0.25, -0.2) is 4.79 Å². The third-order valence-corrected chi connectivity index (χ3v) is 12.9. The van der Waals surface area contributed by atoms with Gasteiger partial charge in [-0.05, 0) is 95.5 Å². The van der Waals surface area contributed by atoms with Crippen molar-refractivity contribution in [3.63, 3.8) is 0 Å². The highest BCUT2D eigenvalue weighted by Crippen LogP contribution is 2.39. The second kappa shape index (κ2) is 20.4. The Morgan fingerprint density at radius 3 is 2.21 bits per heavy atom. The number of Topliss-reactive ketones (excluding diaryl/α,β-unsaturated/α-hetero) is 2. The molecule has 1 unspecified atom stereocenters. The molecule has 1 aliphatic carbocycles. The van der Waals surface area contributed by atoms with Crippen LogP contribution in [0.1, 0.15) is 112 Å². The lowest BCUT2D eigenvalue weighted by Crippen LogP contribution is -2.64. The first-order valence-corrected chi connectivity index (χ1v) is 20.8. The molecule has 0 radical (unpaired) electrons. The number of ketones is 2. The molecule has 1 saturated carbocycles. The van der Waals surface area contributed by atoms with Crippen LogP contribution < -0.4 is 0 Å². The molecule has 2 bridgehead atoms. The summed E-state index contributed by atoms with van der Waals surface area (Å²) in [5.41, 5.74) is 1.66. The van der Waals surface area contributed by atoms with Gasteiger partial charge in [-0.1, -0.05) is 45.4 Å². The Kier molecular flexibility index (Phi) is 16.9. The van der Waals surface area contributed by atoms with Gasteiger partial charge in [0, 0.05) is 52.0 Å². The summed E-state index contributed by atoms with van der Waals surface area (Å²) >= 11 is 0. The van der Waals surface area contributed by atoms with Crippen LogP contribution in [0.2, 0.25) is 0 Å². The number of nitrogens with zero attached hydrogens (tertiary/aromatic N) is 1. The summed E-state index contributed by atoms with van der Waals surface area (Å²) in [6.07, 6.45) is 3.72. The lowest BCUT2D eigenvalue weighted by molar-refractivity contribution is -0.302. The Labute approximate surface area is 333 Å². The number of hydrogen-bond acceptors (Lipinski definition) is 12. The van der Waals surface area contributed by atoms with Crippen LogP contribution in [0.25, 0.3) is 0 Å². The van der Waals surface area contributed by atoms with Crippen molar-refractivity contribution >= 4 is 23.4 Å². The Morgan fingerprint density at radius 2 is 1.57 bits per heavy atom. The summed E-state index contributed by atoms with van der Waals surface area (Å²) < 4.78 is 29.7. The van der Waals surface area contributed by atoms with Crippen molar-refractivity contribution < 1.29 is 58.2 Å². The van der Waals surface area contributed by atoms with E-state index in [2.05, 4.69) is 6.92 Å². The topological polar surface area (TPSA) is 178 Å². The second-order valence-electron chi connectivity index (χ2n) is 17.2. The number of aliphatic hydroxyl groups is 3. The van der Waals surface area contributed by atoms with Gasteiger partial charge in [0.15, 0.2) is 0 Å². The molecule has 13 heteroatoms. The van der Waals surface area contributed by atoms with Gasteiger partial charge in [-0.3, -0.25) is 14.4 Å². The summed E-state index contributed by atoms with van der Waals surface area (Å²) in [7, 11) is 4.63. The summed E-state index contributed by atoms with van der Waals surface area (Å²) in [6.45, 7) is 11.3. The number of cyclic esters (lactones) is 1. The molecule has 14 atom stereocenters. The number of fused-ring (bicyclic) bond motifs is 3. The molecule has 0 aromatic carbocycles. The van der Waals surface area contributed by atoms with Crippen molar-refractivity contribution in [2.75, 3.05) is 27.9 Å². The van der Waals surface area contributed by atoms with Crippen molar-refractivity contribution in [2.24, 2.45) is 29.6 Å². The lowest BCUT2D eigenvalue weighted by Gasteiger charge is -2.47. The molecule has 56 heavy (non-hydrogen) atoms. The van der Waals surface area contributed by atoms with E-state index in [4.69, 9.17) is 23.7 Å². The second-order valence-corrected chi connectivity index (χ2v) is 17.2. The zero-order chi connectivity index (χ0) is 41.5. The van der Waals surface area contributed by atoms with Crippen LogP contribution in [0, 0.1) is 29.6 Å². The number of esters is 1. The monoisotopic (exact) mass is 791 g/mol. The quantitative estimate of drug-likeness (QED) is 0.196. The van der Waals surface area contributed by atoms with Gasteiger partial charge in [0.2, 0.25) is 5.79 Å². The van der Waals surface area contributed by atoms with E-state index >= 15 is 0 Å². The molecule has 3 N–H and O–H groups in total. The Hall–Kier alpha value is -2.52. The Balaban J connectivity index is 1.76. The molecule has 3 fully saturated rings. The van der Waals surface area contributed by atoms with Crippen LogP contribution in [0.5, 0.6) is 0 Å². The lowest BCUT2D eigenvalue weighted by atomic mass is 9.81. The van der Waals surface area contributed by atoms with Crippen molar-refractivity contribution in [3.8, 4) is 0 Å². The molecular formula is C43H69NO12. The average Bonchev–Trinajstić information content (AvgIpc) is 3.18. The highest BCUT2D eigenvalue weighted by Gasteiger charge is 2.56. The van der Waals surface area contributed by atoms with Crippen LogP contribution in [-0.4, -0.2) is 126 Å². The Bertz CT molecular complexity index is 1430. The maximum atomic E-state index is 14.3. The fourth-order valence-corrected chi connectivity index (χ4v) is 9.39. The summed E-state index contributed by atoms with van der Waals surface area (Å²) in [5.74, 6) is -7.50. The minimum atomic E-state index is -2.50. The number of hydrogen-bond donors (Lipinski definition) is 3. The van der Waals surface area contributed by atoms with Crippen molar-refractivity contribution in [1.29, 1.82) is 0 Å². The molecule has 0 aromatic rings. The van der Waals surface area contributed by atoms with Crippen LogP contribution in [0.15, 0.2) is 23.3 Å². The van der Waals surface area contributed by atoms with E-state index in [1.165, 1.54) is 19.1 Å². The molecule has 13 nitrogen and oxygen atoms in total. The SMILES string of the molecule is CC[C@@H]1/C=C(/C)C[C@H](C)C[C@H](OC)[C@H]2O[C@@](O)(C(=O)C(=O)N3CCCC[C@H]3C(=O)O[C@H](/C(C)=C/[C@@H]3CC[C@@H](O)C(OC)C3)[C@H](C)[C@@H](O)CC1=O)[C@H](C)C[C@@H]2OC. The number of amides is 1. The third kappa shape index (κ3) is 10.7. The van der Waals surface area contributed by atoms with Crippen LogP contribution in [-0.2, 0) is 42.9 Å². The summed E-state index contributed by atoms with van der Waals surface area (Å²) in [5, 5.41) is 34.1. The van der Waals surface area contributed by atoms with Gasteiger partial charge < -0.3 is 43.9 Å². The largest absolute Gasteiger partial charge is 0.456 e. The van der Waals surface area contributed by atoms with Crippen LogP contribution >= 0.6 is 0 Å². The maximum Gasteiger partial charge on any atom is 0.329 e. The maximum absolute atomic E-state index is 14.3. The van der Waals surface area contributed by atoms with Gasteiger partial charge in [0.05, 0.1) is 30.5 Å². The molecule has 3 heterocycles. The third-order valence-electron chi connectivity index (χ3n) is 12.9. The molecule has 1 amide bonds. The smallest absolute Gasteiger partial charge is 0.329 e. The molecule has 318 valence electrons. The van der Waals surface area contributed by atoms with Gasteiger partial charge in [0.25, 0.3) is 11.7 Å². The van der Waals surface area contributed by atoms with E-state index in [1.54, 1.807) is 21.0 Å². The first-order valence-electron chi connectivity index (χ1n) is 20.8. The fourth-order valence-electron chi connectivity index (χ4n) is 9.39. The summed E-state index contributed by atoms with van der Waals surface area (Å²) in [6, 6.07) is -1.13. The molecule has 4 rings (SSSR count). The highest BCUT2D eigenvalue weighted by molar-refractivity contribution is 6.39. The predicted molar refractivity (Wildman–Crippen MR) is 208 cm³/mol. The van der Waals surface area contributed by atoms with E-state index in [-0.39, 0.29) is 49.5 Å². The summed E-state index contributed by atoms with van der Waals surface area (Å²) in [4.78, 5) is 57.6. The molecule has 0 spiro atoms. The van der Waals surface area contributed by atoms with Gasteiger partial charge in [0.1, 0.15) is 24.0 Å². The number of piperidine rings is 1. The standard InChI is InChI=1S/C43H69NO12/c1-10-30-18-24(2)17-25(3)19-36(53-8)39-37(54-9)21-27(5)43(51,56-39)40(48)41(49)44-16-12-11-13-31(44)42(50)55-38(28(6)33(46)23-34(30)47)26(4)20-29-14-15-32(45)35(22-29)52-7/h18,20,25,27-33,35-39,45-46,51H,10-17,19,21-23H2,1-9H3/b24-18-,26-20+/t25-,27+,28+,29-,30+,31-,32+,33-,35?,36-,37-,38+,39+,43+/m0/s1. The van der Waals surface area contributed by atoms with E-state index in [0.717, 1.165) is 5.57 Å². The van der Waals surface area contributed by atoms with Gasteiger partial charge >= 0.3 is 5.97 Å². The average molecular weight is 792 g/mol. The highest BCUT2D eigenvalue weighted by atomic mass is 16.7. The van der Waals surface area contributed by atoms with Crippen molar-refractivity contribution in [3.05, 3.63) is 23.3 Å². The number of ether oxygens (including phenoxy) is 5. The number of rotatable bonds is 6. The minimum Gasteiger partial charge on any atom is -0.456 e. The van der Waals surface area contributed by atoms with E-state index in [1.807, 2.05) is 32.9 Å². The zero-order valence-corrected chi connectivity index (χ0v) is 35.1. The van der Waals surface area contributed by atoms with E-state index in [0.29, 0.717) is 56.9 Å². The number of carbonyl (C=O) groups excluding carboxylic acids is 4. The number of allylic oxidation sites excluding steroid dienone is 3. The Morgan fingerprint density at radius 1 is 0.911 bits per heavy atom. The van der Waals surface area contributed by atoms with Crippen molar-refractivity contribution in [2.45, 2.75) is 167 Å². The first kappa shape index (κ1) is 46.2. The van der Waals surface area contributed by atoms with E-state index in [9.17, 15) is 34.5 Å². The normalized spacial score (nSPS) is 41.6. The van der Waals surface area contributed by atoms with Crippen molar-refractivity contribution in [1.82, 2.24) is 4.90 Å². The number of carbonyl (C=O) groups is 4. The molecule has 0 aromatic heterocycles. The molecule has 3 aliphatic heterocycles.